The van der Waals surface area contributed by atoms with Crippen LogP contribution in [0.25, 0.3) is 42.9 Å². The second-order valence-corrected chi connectivity index (χ2v) is 14.3. The van der Waals surface area contributed by atoms with Crippen molar-refractivity contribution < 1.29 is 4.57 Å². The summed E-state index contributed by atoms with van der Waals surface area (Å²) in [5, 5.41) is 12.7. The van der Waals surface area contributed by atoms with Crippen molar-refractivity contribution in [3.8, 4) is 38.2 Å². The molecule has 0 radical (unpaired) electrons. The van der Waals surface area contributed by atoms with E-state index in [0.29, 0.717) is 5.56 Å². The summed E-state index contributed by atoms with van der Waals surface area (Å²) < 4.78 is 2.11. The van der Waals surface area contributed by atoms with Gasteiger partial charge in [0.1, 0.15) is 18.7 Å². The van der Waals surface area contributed by atoms with E-state index < -0.39 is 0 Å². The number of rotatable bonds is 4. The summed E-state index contributed by atoms with van der Waals surface area (Å²) in [4.78, 5) is 2.33. The number of nitrogens with zero attached hydrogens (tertiary/aromatic N) is 2. The molecule has 5 rings (SSSR count). The number of pyridine rings is 1. The summed E-state index contributed by atoms with van der Waals surface area (Å²) in [7, 11) is 2.05. The number of nitriles is 1. The Hall–Kier alpha value is -3.74. The lowest BCUT2D eigenvalue weighted by molar-refractivity contribution is -0.660. The molecule has 0 spiro atoms. The van der Waals surface area contributed by atoms with Gasteiger partial charge >= 0.3 is 0 Å². The van der Waals surface area contributed by atoms with Crippen LogP contribution in [0.15, 0.2) is 79.0 Å². The zero-order chi connectivity index (χ0) is 28.8. The Labute approximate surface area is 243 Å². The molecule has 0 aliphatic rings. The maximum absolute atomic E-state index is 10.1. The topological polar surface area (TPSA) is 27.7 Å². The Morgan fingerprint density at radius 1 is 0.800 bits per heavy atom. The molecule has 0 fully saturated rings. The first-order chi connectivity index (χ1) is 18.9. The first-order valence-electron chi connectivity index (χ1n) is 14.0. The van der Waals surface area contributed by atoms with Crippen molar-refractivity contribution in [2.45, 2.75) is 60.3 Å². The van der Waals surface area contributed by atoms with Gasteiger partial charge in [-0.1, -0.05) is 90.1 Å². The predicted molar refractivity (Wildman–Crippen MR) is 171 cm³/mol. The Balaban J connectivity index is 1.61. The largest absolute Gasteiger partial charge is 0.213 e. The highest BCUT2D eigenvalue weighted by Crippen LogP contribution is 2.40. The van der Waals surface area contributed by atoms with Gasteiger partial charge in [0.2, 0.25) is 5.69 Å². The number of aromatic nitrogens is 1. The van der Waals surface area contributed by atoms with E-state index in [1.807, 2.05) is 13.2 Å². The number of hydrogen-bond acceptors (Lipinski definition) is 2. The van der Waals surface area contributed by atoms with Gasteiger partial charge in [-0.3, -0.25) is 0 Å². The fraction of sp³-hybridized carbons (Fsp3) is 0.297. The van der Waals surface area contributed by atoms with Crippen LogP contribution in [0.5, 0.6) is 0 Å². The highest BCUT2D eigenvalue weighted by Gasteiger charge is 2.25. The van der Waals surface area contributed by atoms with Crippen molar-refractivity contribution in [1.82, 2.24) is 0 Å². The average molecular weight is 544 g/mol. The summed E-state index contributed by atoms with van der Waals surface area (Å²) in [5.41, 5.74) is 9.45. The normalized spacial score (nSPS) is 12.1. The Morgan fingerprint density at radius 2 is 1.45 bits per heavy atom. The van der Waals surface area contributed by atoms with Crippen LogP contribution in [-0.2, 0) is 18.9 Å². The van der Waals surface area contributed by atoms with Crippen molar-refractivity contribution in [2.24, 2.45) is 12.5 Å². The van der Waals surface area contributed by atoms with Gasteiger partial charge < -0.3 is 0 Å². The Bertz CT molecular complexity index is 1750. The van der Waals surface area contributed by atoms with Gasteiger partial charge in [-0.15, -0.1) is 11.3 Å². The van der Waals surface area contributed by atoms with Gasteiger partial charge in [0.25, 0.3) is 0 Å². The van der Waals surface area contributed by atoms with Crippen LogP contribution in [0.2, 0.25) is 0 Å². The molecule has 0 aliphatic carbocycles. The lowest BCUT2D eigenvalue weighted by Crippen LogP contribution is -2.31. The molecular formula is C37H39N2S+. The van der Waals surface area contributed by atoms with E-state index in [1.54, 1.807) is 11.3 Å². The lowest BCUT2D eigenvalue weighted by atomic mass is 9.80. The summed E-state index contributed by atoms with van der Waals surface area (Å²) in [6.07, 6.45) is 3.04. The number of thiophene rings is 1. The van der Waals surface area contributed by atoms with Crippen molar-refractivity contribution in [3.05, 3.63) is 101 Å². The quantitative estimate of drug-likeness (QED) is 0.207. The molecule has 0 bridgehead atoms. The third-order valence-corrected chi connectivity index (χ3v) is 8.80. The van der Waals surface area contributed by atoms with E-state index in [-0.39, 0.29) is 10.8 Å². The molecule has 2 heterocycles. The zero-order valence-corrected chi connectivity index (χ0v) is 25.8. The molecule has 0 N–H and O–H groups in total. The molecule has 202 valence electrons. The third kappa shape index (κ3) is 5.47. The maximum atomic E-state index is 10.1. The summed E-state index contributed by atoms with van der Waals surface area (Å²) >= 11 is 1.75. The van der Waals surface area contributed by atoms with Gasteiger partial charge in [-0.05, 0) is 75.4 Å². The number of fused-ring (bicyclic) bond motifs is 1. The maximum Gasteiger partial charge on any atom is 0.213 e. The molecule has 0 saturated carbocycles. The van der Waals surface area contributed by atoms with Gasteiger partial charge in [0.05, 0.1) is 0 Å². The standard InChI is InChI=1S/C37H39N2S/c1-24-28-11-9-10-12-29(28)32(37(5,6)7)19-30(24)33-20-31(27(22-38)23-39(33)8)35-18-17-34(40-35)26-15-13-25(14-16-26)21-36(2,3)4/h9-20,23H,21H2,1-8H3/q+1. The van der Waals surface area contributed by atoms with Crippen LogP contribution >= 0.6 is 11.3 Å². The van der Waals surface area contributed by atoms with E-state index in [9.17, 15) is 5.26 Å². The summed E-state index contributed by atoms with van der Waals surface area (Å²) in [5.74, 6) is 0. The second kappa shape index (κ2) is 10.3. The Kier molecular flexibility index (Phi) is 7.19. The first kappa shape index (κ1) is 27.8. The Morgan fingerprint density at radius 3 is 2.08 bits per heavy atom. The first-order valence-corrected chi connectivity index (χ1v) is 14.8. The molecule has 0 atom stereocenters. The van der Waals surface area contributed by atoms with Gasteiger partial charge in [0, 0.05) is 26.9 Å². The number of hydrogen-bond donors (Lipinski definition) is 0. The number of aryl methyl sites for hydroxylation is 2. The highest BCUT2D eigenvalue weighted by atomic mass is 32.1. The zero-order valence-electron chi connectivity index (χ0n) is 25.0. The fourth-order valence-electron chi connectivity index (χ4n) is 5.65. The van der Waals surface area contributed by atoms with Crippen LogP contribution < -0.4 is 4.57 Å². The fourth-order valence-corrected chi connectivity index (χ4v) is 6.70. The smallest absolute Gasteiger partial charge is 0.200 e. The molecule has 40 heavy (non-hydrogen) atoms. The number of benzene rings is 3. The van der Waals surface area contributed by atoms with Gasteiger partial charge in [0.15, 0.2) is 6.20 Å². The average Bonchev–Trinajstić information content (AvgIpc) is 3.38. The molecule has 0 amide bonds. The minimum atomic E-state index is 0.00112. The molecule has 0 aliphatic heterocycles. The second-order valence-electron chi connectivity index (χ2n) is 13.2. The monoisotopic (exact) mass is 543 g/mol. The van der Waals surface area contributed by atoms with Crippen LogP contribution in [0.4, 0.5) is 0 Å². The molecule has 3 aromatic carbocycles. The molecule has 5 aromatic rings. The van der Waals surface area contributed by atoms with Crippen LogP contribution in [0, 0.1) is 23.7 Å². The molecule has 2 nitrogen and oxygen atoms in total. The molecule has 3 heteroatoms. The van der Waals surface area contributed by atoms with Crippen molar-refractivity contribution in [3.63, 3.8) is 0 Å². The van der Waals surface area contributed by atoms with Crippen molar-refractivity contribution >= 4 is 22.1 Å². The predicted octanol–water partition coefficient (Wildman–Crippen LogP) is 9.79. The van der Waals surface area contributed by atoms with E-state index in [4.69, 9.17) is 0 Å². The van der Waals surface area contributed by atoms with Crippen molar-refractivity contribution in [2.75, 3.05) is 0 Å². The third-order valence-electron chi connectivity index (χ3n) is 7.64. The molecule has 0 saturated heterocycles. The summed E-state index contributed by atoms with van der Waals surface area (Å²) in [6, 6.07) is 29.0. The molecular weight excluding hydrogens is 504 g/mol. The highest BCUT2D eigenvalue weighted by molar-refractivity contribution is 7.18. The SMILES string of the molecule is Cc1c(-c2cc(-c3ccc(-c4ccc(CC(C)(C)C)cc4)s3)c(C#N)c[n+]2C)cc(C(C)(C)C)c2ccccc12. The minimum absolute atomic E-state index is 0.00112. The molecule has 2 aromatic heterocycles. The van der Waals surface area contributed by atoms with E-state index >= 15 is 0 Å². The van der Waals surface area contributed by atoms with E-state index in [2.05, 4.69) is 132 Å². The van der Waals surface area contributed by atoms with Crippen LogP contribution in [0.1, 0.15) is 63.8 Å². The minimum Gasteiger partial charge on any atom is -0.200 e. The van der Waals surface area contributed by atoms with Crippen molar-refractivity contribution in [1.29, 1.82) is 5.26 Å². The summed E-state index contributed by atoms with van der Waals surface area (Å²) in [6.45, 7) is 15.9. The van der Waals surface area contributed by atoms with Crippen LogP contribution in [-0.4, -0.2) is 0 Å². The van der Waals surface area contributed by atoms with E-state index in [0.717, 1.165) is 22.6 Å². The van der Waals surface area contributed by atoms with Gasteiger partial charge in [-0.25, -0.2) is 0 Å². The lowest BCUT2D eigenvalue weighted by Gasteiger charge is -2.24. The van der Waals surface area contributed by atoms with Crippen LogP contribution in [0.3, 0.4) is 0 Å². The molecule has 0 unspecified atom stereocenters. The van der Waals surface area contributed by atoms with Gasteiger partial charge in [-0.2, -0.15) is 9.83 Å². The van der Waals surface area contributed by atoms with E-state index in [1.165, 1.54) is 43.5 Å².